The molecule has 7 heteroatoms. The lowest BCUT2D eigenvalue weighted by molar-refractivity contribution is 0.237. The molecule has 128 valence electrons. The van der Waals surface area contributed by atoms with Gasteiger partial charge < -0.3 is 15.2 Å². The summed E-state index contributed by atoms with van der Waals surface area (Å²) < 4.78 is 2.13. The summed E-state index contributed by atoms with van der Waals surface area (Å²) >= 11 is 6.16. The number of nitrogens with one attached hydrogen (secondary N) is 2. The quantitative estimate of drug-likeness (QED) is 0.892. The summed E-state index contributed by atoms with van der Waals surface area (Å²) in [5.41, 5.74) is 0.894. The number of benzene rings is 1. The minimum absolute atomic E-state index is 0.172. The zero-order valence-corrected chi connectivity index (χ0v) is 14.5. The standard InChI is InChI=1S/C17H22ClN5O/c1-12(13-7-4-5-8-14(13)18)20-17(24)19-11-16-22-21-15-9-3-2-6-10-23(15)16/h4-5,7-8,12H,2-3,6,9-11H2,1H3,(H2,19,20,24). The third-order valence-electron chi connectivity index (χ3n) is 4.31. The highest BCUT2D eigenvalue weighted by Crippen LogP contribution is 2.22. The van der Waals surface area contributed by atoms with Crippen molar-refractivity contribution in [2.75, 3.05) is 0 Å². The lowest BCUT2D eigenvalue weighted by atomic mass is 10.1. The van der Waals surface area contributed by atoms with Gasteiger partial charge in [-0.05, 0) is 31.4 Å². The Hall–Kier alpha value is -2.08. The monoisotopic (exact) mass is 347 g/mol. The first kappa shape index (κ1) is 16.8. The Balaban J connectivity index is 1.56. The minimum Gasteiger partial charge on any atom is -0.332 e. The van der Waals surface area contributed by atoms with Gasteiger partial charge in [-0.1, -0.05) is 36.2 Å². The summed E-state index contributed by atoms with van der Waals surface area (Å²) in [4.78, 5) is 12.1. The van der Waals surface area contributed by atoms with Gasteiger partial charge in [-0.3, -0.25) is 0 Å². The molecule has 6 nitrogen and oxygen atoms in total. The number of carbonyl (C=O) groups is 1. The van der Waals surface area contributed by atoms with Gasteiger partial charge in [-0.15, -0.1) is 10.2 Å². The fourth-order valence-corrected chi connectivity index (χ4v) is 3.29. The molecule has 2 amide bonds. The second-order valence-corrected chi connectivity index (χ2v) is 6.47. The molecule has 0 fully saturated rings. The van der Waals surface area contributed by atoms with E-state index in [1.165, 1.54) is 6.42 Å². The topological polar surface area (TPSA) is 71.8 Å². The zero-order chi connectivity index (χ0) is 16.9. The van der Waals surface area contributed by atoms with E-state index in [2.05, 4.69) is 25.4 Å². The third kappa shape index (κ3) is 3.87. The van der Waals surface area contributed by atoms with Gasteiger partial charge in [0, 0.05) is 18.0 Å². The number of carbonyl (C=O) groups excluding carboxylic acids is 1. The molecule has 1 atom stereocenters. The van der Waals surface area contributed by atoms with Gasteiger partial charge in [0.05, 0.1) is 12.6 Å². The molecule has 1 aromatic heterocycles. The van der Waals surface area contributed by atoms with E-state index >= 15 is 0 Å². The number of nitrogens with zero attached hydrogens (tertiary/aromatic N) is 3. The molecule has 24 heavy (non-hydrogen) atoms. The lowest BCUT2D eigenvalue weighted by Gasteiger charge is -2.16. The first-order valence-electron chi connectivity index (χ1n) is 8.35. The van der Waals surface area contributed by atoms with Crippen molar-refractivity contribution in [1.82, 2.24) is 25.4 Å². The van der Waals surface area contributed by atoms with Gasteiger partial charge in [0.15, 0.2) is 5.82 Å². The summed E-state index contributed by atoms with van der Waals surface area (Å²) in [6.45, 7) is 3.20. The minimum atomic E-state index is -0.242. The van der Waals surface area contributed by atoms with Crippen LogP contribution in [0, 0.1) is 0 Å². The van der Waals surface area contributed by atoms with E-state index < -0.39 is 0 Å². The Morgan fingerprint density at radius 1 is 1.29 bits per heavy atom. The average Bonchev–Trinajstić information content (AvgIpc) is 2.80. The second-order valence-electron chi connectivity index (χ2n) is 6.06. The summed E-state index contributed by atoms with van der Waals surface area (Å²) in [7, 11) is 0. The number of fused-ring (bicyclic) bond motifs is 1. The maximum absolute atomic E-state index is 12.1. The molecule has 2 heterocycles. The largest absolute Gasteiger partial charge is 0.332 e. The molecule has 0 radical (unpaired) electrons. The van der Waals surface area contributed by atoms with Crippen molar-refractivity contribution in [1.29, 1.82) is 0 Å². The smallest absolute Gasteiger partial charge is 0.315 e. The normalized spacial score (nSPS) is 15.2. The number of urea groups is 1. The van der Waals surface area contributed by atoms with Crippen LogP contribution in [0.3, 0.4) is 0 Å². The van der Waals surface area contributed by atoms with Gasteiger partial charge in [-0.2, -0.15) is 0 Å². The van der Waals surface area contributed by atoms with Crippen LogP contribution in [0.2, 0.25) is 5.02 Å². The summed E-state index contributed by atoms with van der Waals surface area (Å²) in [5.74, 6) is 1.83. The van der Waals surface area contributed by atoms with E-state index in [-0.39, 0.29) is 12.1 Å². The van der Waals surface area contributed by atoms with Crippen molar-refractivity contribution in [2.24, 2.45) is 0 Å². The average molecular weight is 348 g/mol. The molecule has 0 aliphatic carbocycles. The number of rotatable bonds is 4. The molecular formula is C17H22ClN5O. The highest BCUT2D eigenvalue weighted by Gasteiger charge is 2.16. The molecule has 0 saturated carbocycles. The highest BCUT2D eigenvalue weighted by atomic mass is 35.5. The van der Waals surface area contributed by atoms with Gasteiger partial charge in [0.25, 0.3) is 0 Å². The molecule has 1 aliphatic heterocycles. The Kier molecular flexibility index (Phi) is 5.35. The van der Waals surface area contributed by atoms with Crippen LogP contribution in [0.25, 0.3) is 0 Å². The molecular weight excluding hydrogens is 326 g/mol. The highest BCUT2D eigenvalue weighted by molar-refractivity contribution is 6.31. The van der Waals surface area contributed by atoms with E-state index in [0.29, 0.717) is 11.6 Å². The maximum atomic E-state index is 12.1. The Labute approximate surface area is 146 Å². The summed E-state index contributed by atoms with van der Waals surface area (Å²) in [6, 6.07) is 7.09. The second kappa shape index (κ2) is 7.66. The van der Waals surface area contributed by atoms with Gasteiger partial charge in [0.2, 0.25) is 0 Å². The fourth-order valence-electron chi connectivity index (χ4n) is 2.99. The predicted molar refractivity (Wildman–Crippen MR) is 92.8 cm³/mol. The summed E-state index contributed by atoms with van der Waals surface area (Å²) in [5, 5.41) is 14.9. The van der Waals surface area contributed by atoms with Crippen molar-refractivity contribution in [3.05, 3.63) is 46.5 Å². The number of hydrogen-bond donors (Lipinski definition) is 2. The Morgan fingerprint density at radius 2 is 2.12 bits per heavy atom. The molecule has 2 aromatic rings. The van der Waals surface area contributed by atoms with Crippen LogP contribution in [-0.2, 0) is 19.5 Å². The van der Waals surface area contributed by atoms with Crippen LogP contribution in [-0.4, -0.2) is 20.8 Å². The van der Waals surface area contributed by atoms with E-state index in [9.17, 15) is 4.79 Å². The Morgan fingerprint density at radius 3 is 2.96 bits per heavy atom. The lowest BCUT2D eigenvalue weighted by Crippen LogP contribution is -2.37. The summed E-state index contributed by atoms with van der Waals surface area (Å²) in [6.07, 6.45) is 4.46. The van der Waals surface area contributed by atoms with Crippen molar-refractivity contribution < 1.29 is 4.79 Å². The fraction of sp³-hybridized carbons (Fsp3) is 0.471. The van der Waals surface area contributed by atoms with Crippen molar-refractivity contribution >= 4 is 17.6 Å². The van der Waals surface area contributed by atoms with Gasteiger partial charge in [0.1, 0.15) is 5.82 Å². The first-order valence-corrected chi connectivity index (χ1v) is 8.72. The molecule has 0 spiro atoms. The first-order chi connectivity index (χ1) is 11.6. The van der Waals surface area contributed by atoms with Crippen molar-refractivity contribution in [2.45, 2.75) is 51.7 Å². The van der Waals surface area contributed by atoms with Crippen LogP contribution in [0.15, 0.2) is 24.3 Å². The molecule has 0 saturated heterocycles. The van der Waals surface area contributed by atoms with E-state index in [1.54, 1.807) is 0 Å². The van der Waals surface area contributed by atoms with Crippen LogP contribution >= 0.6 is 11.6 Å². The zero-order valence-electron chi connectivity index (χ0n) is 13.8. The Bertz CT molecular complexity index is 715. The third-order valence-corrected chi connectivity index (χ3v) is 4.66. The van der Waals surface area contributed by atoms with Crippen molar-refractivity contribution in [3.8, 4) is 0 Å². The molecule has 1 aliphatic rings. The predicted octanol–water partition coefficient (Wildman–Crippen LogP) is 3.22. The number of hydrogen-bond acceptors (Lipinski definition) is 3. The number of amides is 2. The SMILES string of the molecule is CC(NC(=O)NCc1nnc2n1CCCCC2)c1ccccc1Cl. The molecule has 0 bridgehead atoms. The number of aromatic nitrogens is 3. The molecule has 3 rings (SSSR count). The molecule has 1 unspecified atom stereocenters. The van der Waals surface area contributed by atoms with Crippen LogP contribution < -0.4 is 10.6 Å². The van der Waals surface area contributed by atoms with Crippen molar-refractivity contribution in [3.63, 3.8) is 0 Å². The number of halogens is 1. The number of aryl methyl sites for hydroxylation is 1. The van der Waals surface area contributed by atoms with E-state index in [4.69, 9.17) is 11.6 Å². The van der Waals surface area contributed by atoms with Crippen LogP contribution in [0.5, 0.6) is 0 Å². The van der Waals surface area contributed by atoms with Crippen LogP contribution in [0.1, 0.15) is 49.4 Å². The molecule has 2 N–H and O–H groups in total. The van der Waals surface area contributed by atoms with Crippen LogP contribution in [0.4, 0.5) is 4.79 Å². The van der Waals surface area contributed by atoms with E-state index in [1.807, 2.05) is 31.2 Å². The maximum Gasteiger partial charge on any atom is 0.315 e. The van der Waals surface area contributed by atoms with Gasteiger partial charge in [-0.25, -0.2) is 4.79 Å². The van der Waals surface area contributed by atoms with Gasteiger partial charge >= 0.3 is 6.03 Å². The van der Waals surface area contributed by atoms with E-state index in [0.717, 1.165) is 43.0 Å². The molecule has 1 aromatic carbocycles.